The van der Waals surface area contributed by atoms with Crippen molar-refractivity contribution in [3.63, 3.8) is 0 Å². The van der Waals surface area contributed by atoms with Gasteiger partial charge in [0, 0.05) is 35.6 Å². The Kier molecular flexibility index (Phi) is 6.63. The lowest BCUT2D eigenvalue weighted by molar-refractivity contribution is 0.122. The fourth-order valence-electron chi connectivity index (χ4n) is 4.72. The lowest BCUT2D eigenvalue weighted by Gasteiger charge is -2.30. The van der Waals surface area contributed by atoms with E-state index in [-0.39, 0.29) is 12.1 Å². The van der Waals surface area contributed by atoms with Gasteiger partial charge in [0.25, 0.3) is 0 Å². The van der Waals surface area contributed by atoms with Gasteiger partial charge < -0.3 is 24.3 Å². The van der Waals surface area contributed by atoms with E-state index in [0.29, 0.717) is 5.11 Å². The van der Waals surface area contributed by atoms with Crippen LogP contribution in [-0.2, 0) is 4.74 Å². The Balaban J connectivity index is 1.33. The molecule has 2 aliphatic rings. The standard InChI is InChI=1S/C28H26N4O2S2/c35-28-30-26(23-8-4-5-15-29-23)27(24-13-14-25(34-24)36-22-6-2-1-3-7-22)32(28)21-11-9-20(10-12-21)31-16-18-33-19-17-31/h1-15,26-27H,16-19H2,(H,30,35)/t26-,27-/m0/s1. The SMILES string of the molecule is S=C1N[C@@H](c2ccccn2)[C@H](c2ccc(Sc3ccccc3)o2)N1c1ccc(N2CCOCC2)cc1. The molecule has 8 heteroatoms. The largest absolute Gasteiger partial charge is 0.452 e. The van der Waals surface area contributed by atoms with E-state index in [1.54, 1.807) is 11.8 Å². The number of hydrogen-bond donors (Lipinski definition) is 1. The Morgan fingerprint density at radius 1 is 0.861 bits per heavy atom. The first-order chi connectivity index (χ1) is 17.8. The number of pyridine rings is 1. The minimum absolute atomic E-state index is 0.140. The molecule has 36 heavy (non-hydrogen) atoms. The molecule has 182 valence electrons. The van der Waals surface area contributed by atoms with E-state index < -0.39 is 0 Å². The van der Waals surface area contributed by atoms with E-state index >= 15 is 0 Å². The van der Waals surface area contributed by atoms with Crippen LogP contribution in [0.2, 0.25) is 0 Å². The summed E-state index contributed by atoms with van der Waals surface area (Å²) in [6, 6.07) is 28.6. The molecule has 2 atom stereocenters. The lowest BCUT2D eigenvalue weighted by Crippen LogP contribution is -2.36. The second kappa shape index (κ2) is 10.3. The number of rotatable bonds is 6. The first-order valence-electron chi connectivity index (χ1n) is 12.0. The van der Waals surface area contributed by atoms with E-state index in [1.807, 2.05) is 48.7 Å². The molecule has 2 aliphatic heterocycles. The number of morpholine rings is 1. The Labute approximate surface area is 220 Å². The van der Waals surface area contributed by atoms with E-state index in [9.17, 15) is 0 Å². The number of nitrogens with one attached hydrogen (secondary N) is 1. The van der Waals surface area contributed by atoms with Crippen LogP contribution in [0.15, 0.2) is 106 Å². The fourth-order valence-corrected chi connectivity index (χ4v) is 5.87. The number of aromatic nitrogens is 1. The second-order valence-corrected chi connectivity index (χ2v) is 10.1. The molecule has 2 saturated heterocycles. The van der Waals surface area contributed by atoms with Crippen molar-refractivity contribution in [3.8, 4) is 0 Å². The molecule has 0 bridgehead atoms. The third-order valence-corrected chi connectivity index (χ3v) is 7.70. The average molecular weight is 515 g/mol. The van der Waals surface area contributed by atoms with Crippen molar-refractivity contribution in [2.45, 2.75) is 22.1 Å². The molecule has 0 amide bonds. The monoisotopic (exact) mass is 514 g/mol. The topological polar surface area (TPSA) is 53.8 Å². The van der Waals surface area contributed by atoms with E-state index in [4.69, 9.17) is 21.4 Å². The maximum absolute atomic E-state index is 6.41. The zero-order chi connectivity index (χ0) is 24.3. The van der Waals surface area contributed by atoms with Crippen LogP contribution in [0.5, 0.6) is 0 Å². The fraction of sp³-hybridized carbons (Fsp3) is 0.214. The highest BCUT2D eigenvalue weighted by molar-refractivity contribution is 7.99. The van der Waals surface area contributed by atoms with Crippen LogP contribution in [0.25, 0.3) is 0 Å². The predicted octanol–water partition coefficient (Wildman–Crippen LogP) is 5.84. The summed E-state index contributed by atoms with van der Waals surface area (Å²) in [5, 5.41) is 5.01. The molecule has 6 rings (SSSR count). The normalized spacial score (nSPS) is 19.9. The van der Waals surface area contributed by atoms with Crippen molar-refractivity contribution in [1.29, 1.82) is 0 Å². The van der Waals surface area contributed by atoms with Gasteiger partial charge in [-0.05, 0) is 72.9 Å². The number of ether oxygens (including phenoxy) is 1. The zero-order valence-electron chi connectivity index (χ0n) is 19.6. The van der Waals surface area contributed by atoms with E-state index in [0.717, 1.165) is 53.4 Å². The maximum Gasteiger partial charge on any atom is 0.174 e. The van der Waals surface area contributed by atoms with Crippen LogP contribution >= 0.6 is 24.0 Å². The minimum atomic E-state index is -0.174. The number of furan rings is 1. The molecule has 0 spiro atoms. The highest BCUT2D eigenvalue weighted by atomic mass is 32.2. The highest BCUT2D eigenvalue weighted by Crippen LogP contribution is 2.43. The van der Waals surface area contributed by atoms with Crippen LogP contribution in [0.4, 0.5) is 11.4 Å². The third kappa shape index (κ3) is 4.72. The van der Waals surface area contributed by atoms with Crippen LogP contribution < -0.4 is 15.1 Å². The molecule has 0 radical (unpaired) electrons. The predicted molar refractivity (Wildman–Crippen MR) is 147 cm³/mol. The molecule has 6 nitrogen and oxygen atoms in total. The van der Waals surface area contributed by atoms with Gasteiger partial charge in [-0.1, -0.05) is 36.0 Å². The summed E-state index contributed by atoms with van der Waals surface area (Å²) in [7, 11) is 0. The first kappa shape index (κ1) is 23.1. The molecule has 0 aliphatic carbocycles. The van der Waals surface area contributed by atoms with Crippen molar-refractivity contribution < 1.29 is 9.15 Å². The Morgan fingerprint density at radius 3 is 2.36 bits per heavy atom. The van der Waals surface area contributed by atoms with Gasteiger partial charge in [-0.15, -0.1) is 0 Å². The molecule has 0 saturated carbocycles. The molecule has 4 heterocycles. The molecule has 2 fully saturated rings. The van der Waals surface area contributed by atoms with Gasteiger partial charge in [0.05, 0.1) is 24.9 Å². The number of thiocarbonyl (C=S) groups is 1. The van der Waals surface area contributed by atoms with E-state index in [2.05, 4.69) is 62.6 Å². The van der Waals surface area contributed by atoms with Crippen LogP contribution in [0, 0.1) is 0 Å². The number of hydrogen-bond acceptors (Lipinski definition) is 6. The summed E-state index contributed by atoms with van der Waals surface area (Å²) >= 11 is 7.47. The minimum Gasteiger partial charge on any atom is -0.452 e. The summed E-state index contributed by atoms with van der Waals surface area (Å²) in [6.45, 7) is 3.33. The van der Waals surface area contributed by atoms with Crippen molar-refractivity contribution in [2.24, 2.45) is 0 Å². The summed E-state index contributed by atoms with van der Waals surface area (Å²) in [5.41, 5.74) is 3.13. The van der Waals surface area contributed by atoms with Gasteiger partial charge >= 0.3 is 0 Å². The Bertz CT molecular complexity index is 1310. The molecule has 2 aromatic heterocycles. The number of nitrogens with zero attached hydrogens (tertiary/aromatic N) is 3. The molecule has 1 N–H and O–H groups in total. The van der Waals surface area contributed by atoms with Crippen molar-refractivity contribution in [3.05, 3.63) is 103 Å². The summed E-state index contributed by atoms with van der Waals surface area (Å²) in [4.78, 5) is 10.3. The summed E-state index contributed by atoms with van der Waals surface area (Å²) < 4.78 is 11.9. The summed E-state index contributed by atoms with van der Waals surface area (Å²) in [5.74, 6) is 0.841. The molecule has 0 unspecified atom stereocenters. The number of benzene rings is 2. The van der Waals surface area contributed by atoms with Crippen LogP contribution in [0.3, 0.4) is 0 Å². The Morgan fingerprint density at radius 2 is 1.61 bits per heavy atom. The van der Waals surface area contributed by atoms with Crippen molar-refractivity contribution in [2.75, 3.05) is 36.1 Å². The average Bonchev–Trinajstić information content (AvgIpc) is 3.54. The first-order valence-corrected chi connectivity index (χ1v) is 13.2. The van der Waals surface area contributed by atoms with Gasteiger partial charge in [-0.25, -0.2) is 0 Å². The maximum atomic E-state index is 6.41. The van der Waals surface area contributed by atoms with Crippen LogP contribution in [0.1, 0.15) is 23.5 Å². The van der Waals surface area contributed by atoms with Crippen molar-refractivity contribution in [1.82, 2.24) is 10.3 Å². The zero-order valence-corrected chi connectivity index (χ0v) is 21.3. The highest BCUT2D eigenvalue weighted by Gasteiger charge is 2.42. The van der Waals surface area contributed by atoms with Gasteiger partial charge in [-0.3, -0.25) is 4.98 Å². The molecule has 4 aromatic rings. The molecule has 2 aromatic carbocycles. The van der Waals surface area contributed by atoms with E-state index in [1.165, 1.54) is 5.69 Å². The molecular weight excluding hydrogens is 488 g/mol. The van der Waals surface area contributed by atoms with Gasteiger partial charge in [-0.2, -0.15) is 0 Å². The Hall–Kier alpha value is -3.33. The molecular formula is C28H26N4O2S2. The summed E-state index contributed by atoms with van der Waals surface area (Å²) in [6.07, 6.45) is 1.82. The third-order valence-electron chi connectivity index (χ3n) is 6.46. The lowest BCUT2D eigenvalue weighted by atomic mass is 10.0. The number of anilines is 2. The van der Waals surface area contributed by atoms with Gasteiger partial charge in [0.1, 0.15) is 11.8 Å². The van der Waals surface area contributed by atoms with Gasteiger partial charge in [0.15, 0.2) is 10.2 Å². The van der Waals surface area contributed by atoms with Crippen molar-refractivity contribution >= 4 is 40.5 Å². The smallest absolute Gasteiger partial charge is 0.174 e. The quantitative estimate of drug-likeness (QED) is 0.322. The van der Waals surface area contributed by atoms with Crippen LogP contribution in [-0.4, -0.2) is 36.4 Å². The second-order valence-electron chi connectivity index (χ2n) is 8.68. The van der Waals surface area contributed by atoms with Gasteiger partial charge in [0.2, 0.25) is 0 Å².